The van der Waals surface area contributed by atoms with Gasteiger partial charge in [0.05, 0.1) is 0 Å². The van der Waals surface area contributed by atoms with Gasteiger partial charge in [0.15, 0.2) is 0 Å². The summed E-state index contributed by atoms with van der Waals surface area (Å²) in [5, 5.41) is 0. The molecule has 0 spiro atoms. The Bertz CT molecular complexity index is 345. The van der Waals surface area contributed by atoms with E-state index in [0.717, 1.165) is 12.1 Å². The Morgan fingerprint density at radius 2 is 1.45 bits per heavy atom. The van der Waals surface area contributed by atoms with E-state index in [-0.39, 0.29) is 0 Å². The van der Waals surface area contributed by atoms with Crippen molar-refractivity contribution in [1.29, 1.82) is 0 Å². The van der Waals surface area contributed by atoms with E-state index in [1.165, 1.54) is 52.1 Å². The SMILES string of the molecule is C[C@H]1CC(N2CCN(C(C)(C)C)CC2)CCN1CC(C)(C)C. The normalized spacial score (nSPS) is 30.7. The summed E-state index contributed by atoms with van der Waals surface area (Å²) in [6.45, 7) is 24.0. The summed E-state index contributed by atoms with van der Waals surface area (Å²) in [4.78, 5) is 8.12. The van der Waals surface area contributed by atoms with Crippen molar-refractivity contribution in [3.05, 3.63) is 0 Å². The summed E-state index contributed by atoms with van der Waals surface area (Å²) in [7, 11) is 0. The van der Waals surface area contributed by atoms with Crippen molar-refractivity contribution in [2.45, 2.75) is 78.9 Å². The van der Waals surface area contributed by atoms with E-state index in [0.29, 0.717) is 11.0 Å². The molecule has 0 bridgehead atoms. The average Bonchev–Trinajstić information content (AvgIpc) is 2.39. The quantitative estimate of drug-likeness (QED) is 0.775. The van der Waals surface area contributed by atoms with Gasteiger partial charge in [0.2, 0.25) is 0 Å². The number of piperidine rings is 1. The molecule has 0 amide bonds. The lowest BCUT2D eigenvalue weighted by Gasteiger charge is -2.48. The van der Waals surface area contributed by atoms with Crippen molar-refractivity contribution in [2.24, 2.45) is 5.41 Å². The van der Waals surface area contributed by atoms with Crippen LogP contribution in [0.25, 0.3) is 0 Å². The summed E-state index contributed by atoms with van der Waals surface area (Å²) >= 11 is 0. The second-order valence-corrected chi connectivity index (χ2v) is 9.75. The molecular formula is C19H39N3. The van der Waals surface area contributed by atoms with Gasteiger partial charge in [-0.25, -0.2) is 0 Å². The third-order valence-corrected chi connectivity index (χ3v) is 5.44. The zero-order valence-corrected chi connectivity index (χ0v) is 16.2. The van der Waals surface area contributed by atoms with Gasteiger partial charge in [-0.3, -0.25) is 9.80 Å². The van der Waals surface area contributed by atoms with Crippen molar-refractivity contribution in [2.75, 3.05) is 39.3 Å². The van der Waals surface area contributed by atoms with Crippen LogP contribution in [-0.4, -0.2) is 71.6 Å². The van der Waals surface area contributed by atoms with Crippen molar-refractivity contribution >= 4 is 0 Å². The Morgan fingerprint density at radius 3 is 1.91 bits per heavy atom. The van der Waals surface area contributed by atoms with Gasteiger partial charge in [-0.1, -0.05) is 20.8 Å². The molecule has 2 atom stereocenters. The lowest BCUT2D eigenvalue weighted by atomic mass is 9.90. The van der Waals surface area contributed by atoms with Crippen LogP contribution >= 0.6 is 0 Å². The number of likely N-dealkylation sites (tertiary alicyclic amines) is 1. The van der Waals surface area contributed by atoms with Crippen LogP contribution in [0, 0.1) is 5.41 Å². The molecular weight excluding hydrogens is 270 g/mol. The fourth-order valence-electron chi connectivity index (χ4n) is 4.13. The number of rotatable bonds is 2. The highest BCUT2D eigenvalue weighted by molar-refractivity contribution is 4.90. The molecule has 2 aliphatic rings. The molecule has 0 aromatic rings. The second-order valence-electron chi connectivity index (χ2n) is 9.75. The van der Waals surface area contributed by atoms with Gasteiger partial charge in [-0.15, -0.1) is 0 Å². The van der Waals surface area contributed by atoms with E-state index in [1.54, 1.807) is 0 Å². The highest BCUT2D eigenvalue weighted by Crippen LogP contribution is 2.27. The van der Waals surface area contributed by atoms with E-state index >= 15 is 0 Å². The first-order valence-electron chi connectivity index (χ1n) is 9.29. The predicted octanol–water partition coefficient (Wildman–Crippen LogP) is 3.30. The molecule has 2 rings (SSSR count). The molecule has 0 radical (unpaired) electrons. The second kappa shape index (κ2) is 6.78. The molecule has 0 N–H and O–H groups in total. The number of nitrogens with zero attached hydrogens (tertiary/aromatic N) is 3. The average molecular weight is 310 g/mol. The topological polar surface area (TPSA) is 9.72 Å². The summed E-state index contributed by atoms with van der Waals surface area (Å²) in [6.07, 6.45) is 2.71. The Labute approximate surface area is 139 Å². The minimum Gasteiger partial charge on any atom is -0.300 e. The van der Waals surface area contributed by atoms with Gasteiger partial charge in [0.25, 0.3) is 0 Å². The summed E-state index contributed by atoms with van der Waals surface area (Å²) < 4.78 is 0. The van der Waals surface area contributed by atoms with Gasteiger partial charge >= 0.3 is 0 Å². The molecule has 2 aliphatic heterocycles. The molecule has 1 unspecified atom stereocenters. The molecule has 0 aromatic carbocycles. The molecule has 130 valence electrons. The van der Waals surface area contributed by atoms with Crippen LogP contribution in [0.4, 0.5) is 0 Å². The van der Waals surface area contributed by atoms with E-state index < -0.39 is 0 Å². The van der Waals surface area contributed by atoms with Crippen molar-refractivity contribution in [1.82, 2.24) is 14.7 Å². The van der Waals surface area contributed by atoms with E-state index in [1.807, 2.05) is 0 Å². The van der Waals surface area contributed by atoms with Gasteiger partial charge < -0.3 is 4.90 Å². The third-order valence-electron chi connectivity index (χ3n) is 5.44. The maximum atomic E-state index is 2.77. The van der Waals surface area contributed by atoms with Gasteiger partial charge in [0.1, 0.15) is 0 Å². The molecule has 22 heavy (non-hydrogen) atoms. The fourth-order valence-corrected chi connectivity index (χ4v) is 4.13. The minimum atomic E-state index is 0.329. The van der Waals surface area contributed by atoms with Crippen LogP contribution in [0.5, 0.6) is 0 Å². The van der Waals surface area contributed by atoms with Crippen LogP contribution in [0.1, 0.15) is 61.3 Å². The Kier molecular flexibility index (Phi) is 5.62. The first-order chi connectivity index (χ1) is 10.1. The third kappa shape index (κ3) is 4.94. The summed E-state index contributed by atoms with van der Waals surface area (Å²) in [5.74, 6) is 0. The molecule has 2 fully saturated rings. The van der Waals surface area contributed by atoms with Crippen LogP contribution in [0.3, 0.4) is 0 Å². The number of hydrogen-bond acceptors (Lipinski definition) is 3. The first kappa shape index (κ1) is 18.2. The lowest BCUT2D eigenvalue weighted by molar-refractivity contribution is 0.00638. The molecule has 2 saturated heterocycles. The number of hydrogen-bond donors (Lipinski definition) is 0. The van der Waals surface area contributed by atoms with Crippen LogP contribution in [0.15, 0.2) is 0 Å². The van der Waals surface area contributed by atoms with Crippen molar-refractivity contribution in [3.8, 4) is 0 Å². The van der Waals surface area contributed by atoms with Gasteiger partial charge in [-0.05, 0) is 52.5 Å². The largest absolute Gasteiger partial charge is 0.300 e. The summed E-state index contributed by atoms with van der Waals surface area (Å²) in [5.41, 5.74) is 0.745. The highest BCUT2D eigenvalue weighted by atomic mass is 15.3. The van der Waals surface area contributed by atoms with Gasteiger partial charge in [0, 0.05) is 50.3 Å². The highest BCUT2D eigenvalue weighted by Gasteiger charge is 2.33. The molecule has 0 aromatic heterocycles. The van der Waals surface area contributed by atoms with Crippen LogP contribution in [-0.2, 0) is 0 Å². The molecule has 2 heterocycles. The minimum absolute atomic E-state index is 0.329. The standard InChI is InChI=1S/C19H39N3/c1-16-14-17(8-9-21(16)15-18(2,3)4)20-10-12-22(13-11-20)19(5,6)7/h16-17H,8-15H2,1-7H3/t16-,17?/m0/s1. The lowest BCUT2D eigenvalue weighted by Crippen LogP contribution is -2.58. The summed E-state index contributed by atoms with van der Waals surface area (Å²) in [6, 6.07) is 1.55. The maximum absolute atomic E-state index is 2.77. The molecule has 3 heteroatoms. The first-order valence-corrected chi connectivity index (χ1v) is 9.29. The zero-order valence-electron chi connectivity index (χ0n) is 16.2. The Morgan fingerprint density at radius 1 is 0.864 bits per heavy atom. The van der Waals surface area contributed by atoms with Crippen LogP contribution < -0.4 is 0 Å². The molecule has 0 saturated carbocycles. The van der Waals surface area contributed by atoms with Crippen LogP contribution in [0.2, 0.25) is 0 Å². The Balaban J connectivity index is 1.82. The zero-order chi connectivity index (χ0) is 16.5. The van der Waals surface area contributed by atoms with E-state index in [2.05, 4.69) is 63.2 Å². The maximum Gasteiger partial charge on any atom is 0.0126 e. The van der Waals surface area contributed by atoms with E-state index in [4.69, 9.17) is 0 Å². The Hall–Kier alpha value is -0.120. The predicted molar refractivity (Wildman–Crippen MR) is 96.4 cm³/mol. The monoisotopic (exact) mass is 309 g/mol. The van der Waals surface area contributed by atoms with Crippen molar-refractivity contribution < 1.29 is 0 Å². The van der Waals surface area contributed by atoms with Gasteiger partial charge in [-0.2, -0.15) is 0 Å². The number of piperazine rings is 1. The molecule has 0 aliphatic carbocycles. The van der Waals surface area contributed by atoms with Crippen molar-refractivity contribution in [3.63, 3.8) is 0 Å². The fraction of sp³-hybridized carbons (Fsp3) is 1.00. The van der Waals surface area contributed by atoms with E-state index in [9.17, 15) is 0 Å². The smallest absolute Gasteiger partial charge is 0.0126 e. The molecule has 3 nitrogen and oxygen atoms in total.